The maximum absolute atomic E-state index is 13.8. The average molecular weight is 396 g/mol. The fraction of sp³-hybridized carbons (Fsp3) is 0.190. The van der Waals surface area contributed by atoms with Crippen molar-refractivity contribution < 1.29 is 9.18 Å². The SMILES string of the molecule is C=CCn1c(Cc2ccccc2)nnc1SC(C)C(=O)Nc1ccccc1F. The van der Waals surface area contributed by atoms with E-state index in [0.717, 1.165) is 11.4 Å². The lowest BCUT2D eigenvalue weighted by Crippen LogP contribution is -2.23. The van der Waals surface area contributed by atoms with E-state index in [2.05, 4.69) is 22.1 Å². The number of rotatable bonds is 8. The smallest absolute Gasteiger partial charge is 0.237 e. The molecule has 3 aromatic rings. The second kappa shape index (κ2) is 9.32. The highest BCUT2D eigenvalue weighted by Crippen LogP contribution is 2.25. The van der Waals surface area contributed by atoms with Crippen LogP contribution in [0.15, 0.2) is 72.4 Å². The molecular weight excluding hydrogens is 375 g/mol. The van der Waals surface area contributed by atoms with Gasteiger partial charge in [0.1, 0.15) is 11.6 Å². The highest BCUT2D eigenvalue weighted by Gasteiger charge is 2.20. The van der Waals surface area contributed by atoms with Crippen molar-refractivity contribution in [2.45, 2.75) is 30.3 Å². The number of benzene rings is 2. The Hall–Kier alpha value is -2.93. The Labute approximate surface area is 167 Å². The first-order chi connectivity index (χ1) is 13.6. The molecule has 0 aliphatic rings. The lowest BCUT2D eigenvalue weighted by atomic mass is 10.1. The van der Waals surface area contributed by atoms with Gasteiger partial charge in [0.2, 0.25) is 5.91 Å². The third kappa shape index (κ3) is 4.86. The Morgan fingerprint density at radius 1 is 1.21 bits per heavy atom. The first-order valence-corrected chi connectivity index (χ1v) is 9.75. The van der Waals surface area contributed by atoms with Gasteiger partial charge in [0.05, 0.1) is 10.9 Å². The summed E-state index contributed by atoms with van der Waals surface area (Å²) in [5.74, 6) is 0.0381. The van der Waals surface area contributed by atoms with Crippen LogP contribution in [0.1, 0.15) is 18.3 Å². The monoisotopic (exact) mass is 396 g/mol. The zero-order valence-electron chi connectivity index (χ0n) is 15.5. The summed E-state index contributed by atoms with van der Waals surface area (Å²) in [5.41, 5.74) is 1.29. The number of hydrogen-bond donors (Lipinski definition) is 1. The lowest BCUT2D eigenvalue weighted by molar-refractivity contribution is -0.115. The zero-order chi connectivity index (χ0) is 19.9. The molecule has 1 amide bonds. The molecule has 0 radical (unpaired) electrons. The molecule has 0 saturated carbocycles. The first kappa shape index (κ1) is 19.8. The van der Waals surface area contributed by atoms with Crippen LogP contribution in [-0.4, -0.2) is 25.9 Å². The van der Waals surface area contributed by atoms with Crippen molar-refractivity contribution in [3.05, 3.63) is 84.5 Å². The maximum atomic E-state index is 13.8. The van der Waals surface area contributed by atoms with E-state index in [9.17, 15) is 9.18 Å². The maximum Gasteiger partial charge on any atom is 0.237 e. The van der Waals surface area contributed by atoms with Gasteiger partial charge in [-0.3, -0.25) is 4.79 Å². The van der Waals surface area contributed by atoms with E-state index < -0.39 is 11.1 Å². The van der Waals surface area contributed by atoms with Gasteiger partial charge in [0.25, 0.3) is 0 Å². The van der Waals surface area contributed by atoms with E-state index in [1.165, 1.54) is 23.9 Å². The van der Waals surface area contributed by atoms with Gasteiger partial charge in [-0.05, 0) is 24.6 Å². The van der Waals surface area contributed by atoms with Crippen LogP contribution in [-0.2, 0) is 17.8 Å². The number of thioether (sulfide) groups is 1. The number of aromatic nitrogens is 3. The number of nitrogens with zero attached hydrogens (tertiary/aromatic N) is 3. The molecule has 3 rings (SSSR count). The van der Waals surface area contributed by atoms with Gasteiger partial charge < -0.3 is 9.88 Å². The predicted molar refractivity (Wildman–Crippen MR) is 110 cm³/mol. The standard InChI is InChI=1S/C21H21FN4OS/c1-3-13-26-19(14-16-9-5-4-6-10-16)24-25-21(26)28-15(2)20(27)23-18-12-8-7-11-17(18)22/h3-12,15H,1,13-14H2,2H3,(H,23,27). The van der Waals surface area contributed by atoms with E-state index in [0.29, 0.717) is 18.1 Å². The van der Waals surface area contributed by atoms with Crippen LogP contribution in [0, 0.1) is 5.82 Å². The summed E-state index contributed by atoms with van der Waals surface area (Å²) in [6.07, 6.45) is 2.41. The lowest BCUT2D eigenvalue weighted by Gasteiger charge is -2.13. The molecule has 0 bridgehead atoms. The Kier molecular flexibility index (Phi) is 6.60. The van der Waals surface area contributed by atoms with Crippen molar-refractivity contribution in [1.29, 1.82) is 0 Å². The molecule has 0 spiro atoms. The Morgan fingerprint density at radius 2 is 1.93 bits per heavy atom. The Balaban J connectivity index is 1.73. The molecule has 1 unspecified atom stereocenters. The quantitative estimate of drug-likeness (QED) is 0.455. The molecule has 1 atom stereocenters. The minimum atomic E-state index is -0.475. The van der Waals surface area contributed by atoms with Gasteiger partial charge in [0.15, 0.2) is 5.16 Å². The normalized spacial score (nSPS) is 11.8. The zero-order valence-corrected chi connectivity index (χ0v) is 16.3. The van der Waals surface area contributed by atoms with Crippen molar-refractivity contribution in [2.75, 3.05) is 5.32 Å². The minimum Gasteiger partial charge on any atom is -0.323 e. The van der Waals surface area contributed by atoms with E-state index in [4.69, 9.17) is 0 Å². The van der Waals surface area contributed by atoms with Crippen molar-refractivity contribution in [2.24, 2.45) is 0 Å². The summed E-state index contributed by atoms with van der Waals surface area (Å²) in [6.45, 7) is 6.09. The largest absolute Gasteiger partial charge is 0.323 e. The summed E-state index contributed by atoms with van der Waals surface area (Å²) in [4.78, 5) is 12.5. The minimum absolute atomic E-state index is 0.164. The summed E-state index contributed by atoms with van der Waals surface area (Å²) in [7, 11) is 0. The summed E-state index contributed by atoms with van der Waals surface area (Å²) >= 11 is 1.28. The second-order valence-electron chi connectivity index (χ2n) is 6.19. The van der Waals surface area contributed by atoms with Crippen LogP contribution in [0.4, 0.5) is 10.1 Å². The van der Waals surface area contributed by atoms with Crippen LogP contribution in [0.2, 0.25) is 0 Å². The highest BCUT2D eigenvalue weighted by atomic mass is 32.2. The summed E-state index contributed by atoms with van der Waals surface area (Å²) in [6, 6.07) is 16.1. The molecule has 28 heavy (non-hydrogen) atoms. The number of carbonyl (C=O) groups is 1. The summed E-state index contributed by atoms with van der Waals surface area (Å²) < 4.78 is 15.7. The molecule has 2 aromatic carbocycles. The Bertz CT molecular complexity index is 958. The van der Waals surface area contributed by atoms with Crippen molar-refractivity contribution in [3.8, 4) is 0 Å². The number of halogens is 1. The number of nitrogens with one attached hydrogen (secondary N) is 1. The van der Waals surface area contributed by atoms with Crippen molar-refractivity contribution in [3.63, 3.8) is 0 Å². The van der Waals surface area contributed by atoms with Crippen molar-refractivity contribution in [1.82, 2.24) is 14.8 Å². The molecule has 0 saturated heterocycles. The van der Waals surface area contributed by atoms with Crippen molar-refractivity contribution >= 4 is 23.4 Å². The fourth-order valence-corrected chi connectivity index (χ4v) is 3.51. The van der Waals surface area contributed by atoms with Crippen LogP contribution < -0.4 is 5.32 Å². The molecule has 0 fully saturated rings. The van der Waals surface area contributed by atoms with Gasteiger partial charge in [-0.15, -0.1) is 16.8 Å². The molecule has 144 valence electrons. The third-order valence-electron chi connectivity index (χ3n) is 4.09. The molecule has 0 aliphatic heterocycles. The van der Waals surface area contributed by atoms with Gasteiger partial charge in [-0.1, -0.05) is 60.3 Å². The molecule has 5 nitrogen and oxygen atoms in total. The molecule has 1 N–H and O–H groups in total. The van der Waals surface area contributed by atoms with E-state index in [1.807, 2.05) is 34.9 Å². The number of anilines is 1. The molecule has 7 heteroatoms. The number of amides is 1. The van der Waals surface area contributed by atoms with Crippen LogP contribution in [0.25, 0.3) is 0 Å². The highest BCUT2D eigenvalue weighted by molar-refractivity contribution is 8.00. The molecule has 1 aromatic heterocycles. The van der Waals surface area contributed by atoms with Crippen LogP contribution in [0.5, 0.6) is 0 Å². The van der Waals surface area contributed by atoms with Crippen LogP contribution >= 0.6 is 11.8 Å². The van der Waals surface area contributed by atoms with Gasteiger partial charge >= 0.3 is 0 Å². The van der Waals surface area contributed by atoms with E-state index >= 15 is 0 Å². The predicted octanol–water partition coefficient (Wildman–Crippen LogP) is 4.31. The first-order valence-electron chi connectivity index (χ1n) is 8.87. The Morgan fingerprint density at radius 3 is 2.64 bits per heavy atom. The topological polar surface area (TPSA) is 59.8 Å². The molecular formula is C21H21FN4OS. The van der Waals surface area contributed by atoms with Gasteiger partial charge in [-0.2, -0.15) is 0 Å². The number of para-hydroxylation sites is 1. The number of hydrogen-bond acceptors (Lipinski definition) is 4. The molecule has 0 aliphatic carbocycles. The van der Waals surface area contributed by atoms with E-state index in [-0.39, 0.29) is 11.6 Å². The fourth-order valence-electron chi connectivity index (χ4n) is 2.64. The third-order valence-corrected chi connectivity index (χ3v) is 5.17. The number of carbonyl (C=O) groups excluding carboxylic acids is 1. The summed E-state index contributed by atoms with van der Waals surface area (Å²) in [5, 5.41) is 11.3. The van der Waals surface area contributed by atoms with Crippen LogP contribution in [0.3, 0.4) is 0 Å². The van der Waals surface area contributed by atoms with Gasteiger partial charge in [-0.25, -0.2) is 4.39 Å². The van der Waals surface area contributed by atoms with Gasteiger partial charge in [0, 0.05) is 13.0 Å². The average Bonchev–Trinajstić information content (AvgIpc) is 3.06. The number of allylic oxidation sites excluding steroid dienone is 1. The second-order valence-corrected chi connectivity index (χ2v) is 7.50. The van der Waals surface area contributed by atoms with E-state index in [1.54, 1.807) is 25.1 Å². The molecule has 1 heterocycles.